The second kappa shape index (κ2) is 7.73. The van der Waals surface area contributed by atoms with E-state index in [9.17, 15) is 9.59 Å². The maximum atomic E-state index is 11.7. The topological polar surface area (TPSA) is 78.4 Å². The van der Waals surface area contributed by atoms with Gasteiger partial charge in [-0.1, -0.05) is 12.1 Å². The number of hydrogen-bond acceptors (Lipinski definition) is 3. The highest BCUT2D eigenvalue weighted by Crippen LogP contribution is 2.25. The van der Waals surface area contributed by atoms with Crippen molar-refractivity contribution in [2.24, 2.45) is 0 Å². The molecule has 1 aromatic carbocycles. The van der Waals surface area contributed by atoms with E-state index in [1.165, 1.54) is 18.2 Å². The molecule has 1 fully saturated rings. The number of benzene rings is 1. The van der Waals surface area contributed by atoms with Crippen LogP contribution in [0.1, 0.15) is 18.4 Å². The van der Waals surface area contributed by atoms with Gasteiger partial charge in [0, 0.05) is 23.6 Å². The van der Waals surface area contributed by atoms with E-state index < -0.39 is 5.97 Å². The SMILES string of the molecule is O=C(O)/C=C/c1ccc(NC(=O)NCC2CCCS2)cc1. The summed E-state index contributed by atoms with van der Waals surface area (Å²) in [4.78, 5) is 22.2. The number of urea groups is 1. The van der Waals surface area contributed by atoms with Crippen molar-refractivity contribution in [2.75, 3.05) is 17.6 Å². The Kier molecular flexibility index (Phi) is 5.68. The van der Waals surface area contributed by atoms with Crippen LogP contribution in [-0.4, -0.2) is 34.7 Å². The highest BCUT2D eigenvalue weighted by molar-refractivity contribution is 8.00. The van der Waals surface area contributed by atoms with Crippen molar-refractivity contribution in [3.05, 3.63) is 35.9 Å². The molecule has 2 rings (SSSR count). The smallest absolute Gasteiger partial charge is 0.328 e. The van der Waals surface area contributed by atoms with Gasteiger partial charge in [0.2, 0.25) is 0 Å². The quantitative estimate of drug-likeness (QED) is 0.731. The summed E-state index contributed by atoms with van der Waals surface area (Å²) in [6, 6.07) is 6.77. The normalized spacial score (nSPS) is 17.8. The van der Waals surface area contributed by atoms with Crippen molar-refractivity contribution in [3.8, 4) is 0 Å². The van der Waals surface area contributed by atoms with Crippen molar-refractivity contribution < 1.29 is 14.7 Å². The Hall–Kier alpha value is -1.95. The highest BCUT2D eigenvalue weighted by atomic mass is 32.2. The maximum absolute atomic E-state index is 11.7. The van der Waals surface area contributed by atoms with Crippen molar-refractivity contribution in [2.45, 2.75) is 18.1 Å². The molecule has 5 nitrogen and oxygen atoms in total. The summed E-state index contributed by atoms with van der Waals surface area (Å²) in [6.45, 7) is 0.690. The van der Waals surface area contributed by atoms with E-state index in [0.717, 1.165) is 18.1 Å². The summed E-state index contributed by atoms with van der Waals surface area (Å²) in [7, 11) is 0. The second-order valence-corrected chi connectivity index (χ2v) is 6.17. The Morgan fingerprint density at radius 2 is 2.10 bits per heavy atom. The van der Waals surface area contributed by atoms with E-state index in [1.54, 1.807) is 24.3 Å². The number of carbonyl (C=O) groups is 2. The summed E-state index contributed by atoms with van der Waals surface area (Å²) in [5.74, 6) is 0.195. The predicted molar refractivity (Wildman–Crippen MR) is 85.6 cm³/mol. The van der Waals surface area contributed by atoms with Crippen LogP contribution in [0.2, 0.25) is 0 Å². The molecule has 1 unspecified atom stereocenters. The average molecular weight is 306 g/mol. The first kappa shape index (κ1) is 15.4. The van der Waals surface area contributed by atoms with E-state index in [-0.39, 0.29) is 6.03 Å². The molecule has 0 saturated carbocycles. The number of rotatable bonds is 5. The van der Waals surface area contributed by atoms with Crippen LogP contribution in [0.25, 0.3) is 6.08 Å². The van der Waals surface area contributed by atoms with Crippen LogP contribution in [-0.2, 0) is 4.79 Å². The minimum Gasteiger partial charge on any atom is -0.478 e. The van der Waals surface area contributed by atoms with Gasteiger partial charge >= 0.3 is 12.0 Å². The first-order valence-electron chi connectivity index (χ1n) is 6.81. The number of aliphatic carboxylic acids is 1. The molecule has 2 amide bonds. The van der Waals surface area contributed by atoms with Crippen LogP contribution in [0.4, 0.5) is 10.5 Å². The lowest BCUT2D eigenvalue weighted by Crippen LogP contribution is -2.33. The molecular weight excluding hydrogens is 288 g/mol. The van der Waals surface area contributed by atoms with E-state index >= 15 is 0 Å². The number of carboxylic acids is 1. The lowest BCUT2D eigenvalue weighted by Gasteiger charge is -2.11. The van der Waals surface area contributed by atoms with Crippen LogP contribution >= 0.6 is 11.8 Å². The van der Waals surface area contributed by atoms with Gasteiger partial charge in [-0.2, -0.15) is 11.8 Å². The summed E-state index contributed by atoms with van der Waals surface area (Å²) in [5, 5.41) is 14.7. The third kappa shape index (κ3) is 5.51. The van der Waals surface area contributed by atoms with Gasteiger partial charge in [-0.05, 0) is 42.4 Å². The Morgan fingerprint density at radius 3 is 2.71 bits per heavy atom. The number of carbonyl (C=O) groups excluding carboxylic acids is 1. The largest absolute Gasteiger partial charge is 0.478 e. The van der Waals surface area contributed by atoms with Gasteiger partial charge < -0.3 is 15.7 Å². The summed E-state index contributed by atoms with van der Waals surface area (Å²) >= 11 is 1.90. The molecule has 6 heteroatoms. The standard InChI is InChI=1S/C15H18N2O3S/c18-14(19)8-5-11-3-6-12(7-4-11)17-15(20)16-10-13-2-1-9-21-13/h3-8,13H,1-2,9-10H2,(H,18,19)(H2,16,17,20)/b8-5+. The van der Waals surface area contributed by atoms with Gasteiger partial charge in [0.15, 0.2) is 0 Å². The van der Waals surface area contributed by atoms with Gasteiger partial charge in [0.05, 0.1) is 0 Å². The minimum atomic E-state index is -0.985. The predicted octanol–water partition coefficient (Wildman–Crippen LogP) is 2.80. The molecule has 1 aliphatic heterocycles. The van der Waals surface area contributed by atoms with E-state index in [1.807, 2.05) is 11.8 Å². The van der Waals surface area contributed by atoms with Crippen LogP contribution in [0.5, 0.6) is 0 Å². The molecule has 0 bridgehead atoms. The Bertz CT molecular complexity index is 522. The minimum absolute atomic E-state index is 0.212. The van der Waals surface area contributed by atoms with Gasteiger partial charge in [-0.25, -0.2) is 9.59 Å². The number of nitrogens with one attached hydrogen (secondary N) is 2. The molecule has 1 aliphatic rings. The van der Waals surface area contributed by atoms with Crippen molar-refractivity contribution in [1.29, 1.82) is 0 Å². The molecule has 0 aliphatic carbocycles. The second-order valence-electron chi connectivity index (χ2n) is 4.76. The van der Waals surface area contributed by atoms with Gasteiger partial charge in [-0.3, -0.25) is 0 Å². The Morgan fingerprint density at radius 1 is 1.33 bits per heavy atom. The molecule has 21 heavy (non-hydrogen) atoms. The first-order chi connectivity index (χ1) is 10.1. The van der Waals surface area contributed by atoms with E-state index in [2.05, 4.69) is 10.6 Å². The van der Waals surface area contributed by atoms with Crippen molar-refractivity contribution in [1.82, 2.24) is 5.32 Å². The molecule has 1 atom stereocenters. The fraction of sp³-hybridized carbons (Fsp3) is 0.333. The summed E-state index contributed by atoms with van der Waals surface area (Å²) < 4.78 is 0. The lowest BCUT2D eigenvalue weighted by molar-refractivity contribution is -0.131. The number of thioether (sulfide) groups is 1. The number of anilines is 1. The maximum Gasteiger partial charge on any atom is 0.328 e. The van der Waals surface area contributed by atoms with E-state index in [0.29, 0.717) is 17.5 Å². The average Bonchev–Trinajstić information content (AvgIpc) is 2.98. The van der Waals surface area contributed by atoms with Crippen LogP contribution in [0, 0.1) is 0 Å². The Balaban J connectivity index is 1.79. The highest BCUT2D eigenvalue weighted by Gasteiger charge is 2.15. The Labute approximate surface area is 127 Å². The van der Waals surface area contributed by atoms with Crippen LogP contribution in [0.3, 0.4) is 0 Å². The molecular formula is C15H18N2O3S. The molecule has 1 saturated heterocycles. The van der Waals surface area contributed by atoms with Crippen LogP contribution < -0.4 is 10.6 Å². The number of amides is 2. The molecule has 0 radical (unpaired) electrons. The summed E-state index contributed by atoms with van der Waals surface area (Å²) in [6.07, 6.45) is 4.97. The fourth-order valence-electron chi connectivity index (χ4n) is 2.03. The monoisotopic (exact) mass is 306 g/mol. The molecule has 0 aromatic heterocycles. The zero-order chi connectivity index (χ0) is 15.1. The number of carboxylic acid groups (broad SMARTS) is 1. The van der Waals surface area contributed by atoms with Crippen molar-refractivity contribution >= 4 is 35.5 Å². The molecule has 0 spiro atoms. The fourth-order valence-corrected chi connectivity index (χ4v) is 3.23. The third-order valence-corrected chi connectivity index (χ3v) is 4.50. The van der Waals surface area contributed by atoms with Gasteiger partial charge in [0.1, 0.15) is 0 Å². The van der Waals surface area contributed by atoms with Crippen LogP contribution in [0.15, 0.2) is 30.3 Å². The van der Waals surface area contributed by atoms with Gasteiger partial charge in [-0.15, -0.1) is 0 Å². The molecule has 112 valence electrons. The lowest BCUT2D eigenvalue weighted by atomic mass is 10.2. The molecule has 3 N–H and O–H groups in total. The molecule has 1 aromatic rings. The first-order valence-corrected chi connectivity index (χ1v) is 7.86. The zero-order valence-corrected chi connectivity index (χ0v) is 12.4. The third-order valence-electron chi connectivity index (χ3n) is 3.10. The molecule has 1 heterocycles. The zero-order valence-electron chi connectivity index (χ0n) is 11.5. The number of hydrogen-bond donors (Lipinski definition) is 3. The van der Waals surface area contributed by atoms with E-state index in [4.69, 9.17) is 5.11 Å². The van der Waals surface area contributed by atoms with Gasteiger partial charge in [0.25, 0.3) is 0 Å². The summed E-state index contributed by atoms with van der Waals surface area (Å²) in [5.41, 5.74) is 1.45. The van der Waals surface area contributed by atoms with Crippen molar-refractivity contribution in [3.63, 3.8) is 0 Å².